The van der Waals surface area contributed by atoms with Crippen LogP contribution in [0.2, 0.25) is 0 Å². The molecule has 0 aliphatic rings. The summed E-state index contributed by atoms with van der Waals surface area (Å²) in [4.78, 5) is 12.4. The Morgan fingerprint density at radius 1 is 1.25 bits per heavy atom. The van der Waals surface area contributed by atoms with Crippen molar-refractivity contribution in [2.24, 2.45) is 5.92 Å². The van der Waals surface area contributed by atoms with Crippen LogP contribution >= 0.6 is 0 Å². The van der Waals surface area contributed by atoms with Crippen molar-refractivity contribution in [3.63, 3.8) is 0 Å². The molecular formula is C17H27NO2. The Morgan fingerprint density at radius 3 is 2.35 bits per heavy atom. The second-order valence-electron chi connectivity index (χ2n) is 6.78. The topological polar surface area (TPSA) is 49.3 Å². The Morgan fingerprint density at radius 2 is 1.85 bits per heavy atom. The highest BCUT2D eigenvalue weighted by Crippen LogP contribution is 2.25. The number of hydrogen-bond acceptors (Lipinski definition) is 2. The number of rotatable bonds is 5. The fourth-order valence-corrected chi connectivity index (χ4v) is 2.35. The van der Waals surface area contributed by atoms with Gasteiger partial charge in [-0.05, 0) is 29.4 Å². The number of carbonyl (C=O) groups excluding carboxylic acids is 1. The third-order valence-corrected chi connectivity index (χ3v) is 3.29. The molecule has 1 rings (SSSR count). The molecule has 1 aromatic rings. The van der Waals surface area contributed by atoms with Crippen molar-refractivity contribution >= 4 is 5.91 Å². The second kappa shape index (κ2) is 6.89. The van der Waals surface area contributed by atoms with Crippen LogP contribution < -0.4 is 5.32 Å². The van der Waals surface area contributed by atoms with E-state index in [9.17, 15) is 9.90 Å². The van der Waals surface area contributed by atoms with Gasteiger partial charge in [0.25, 0.3) is 5.91 Å². The highest BCUT2D eigenvalue weighted by Gasteiger charge is 2.22. The Hall–Kier alpha value is -1.35. The third kappa shape index (κ3) is 4.64. The van der Waals surface area contributed by atoms with Crippen LogP contribution in [0.5, 0.6) is 0 Å². The molecule has 1 unspecified atom stereocenters. The molecule has 2 N–H and O–H groups in total. The maximum absolute atomic E-state index is 12.4. The number of nitrogens with one attached hydrogen (secondary N) is 1. The van der Waals surface area contributed by atoms with Gasteiger partial charge in [-0.25, -0.2) is 0 Å². The third-order valence-electron chi connectivity index (χ3n) is 3.29. The molecule has 0 heterocycles. The van der Waals surface area contributed by atoms with Crippen LogP contribution in [0.3, 0.4) is 0 Å². The van der Waals surface area contributed by atoms with Gasteiger partial charge in [0.2, 0.25) is 0 Å². The molecule has 0 spiro atoms. The van der Waals surface area contributed by atoms with Gasteiger partial charge in [-0.15, -0.1) is 0 Å². The van der Waals surface area contributed by atoms with Crippen LogP contribution in [0.4, 0.5) is 0 Å². The maximum atomic E-state index is 12.4. The molecule has 1 amide bonds. The predicted molar refractivity (Wildman–Crippen MR) is 82.9 cm³/mol. The Bertz CT molecular complexity index is 447. The quantitative estimate of drug-likeness (QED) is 0.868. The standard InChI is InChI=1S/C17H27NO2/c1-12(2)10-13(11-19)18-16(20)14-8-6-7-9-15(14)17(3,4)5/h6-9,12-13,19H,10-11H2,1-5H3,(H,18,20). The van der Waals surface area contributed by atoms with Gasteiger partial charge in [0.05, 0.1) is 12.6 Å². The van der Waals surface area contributed by atoms with E-state index in [0.717, 1.165) is 12.0 Å². The summed E-state index contributed by atoms with van der Waals surface area (Å²) >= 11 is 0. The van der Waals surface area contributed by atoms with E-state index >= 15 is 0 Å². The van der Waals surface area contributed by atoms with Gasteiger partial charge < -0.3 is 10.4 Å². The van der Waals surface area contributed by atoms with Gasteiger partial charge in [0.1, 0.15) is 0 Å². The molecular weight excluding hydrogens is 250 g/mol. The molecule has 0 fully saturated rings. The number of carbonyl (C=O) groups is 1. The summed E-state index contributed by atoms with van der Waals surface area (Å²) in [6, 6.07) is 7.48. The Kier molecular flexibility index (Phi) is 5.75. The fraction of sp³-hybridized carbons (Fsp3) is 0.588. The van der Waals surface area contributed by atoms with Crippen molar-refractivity contribution in [3.05, 3.63) is 35.4 Å². The zero-order valence-corrected chi connectivity index (χ0v) is 13.2. The monoisotopic (exact) mass is 277 g/mol. The molecule has 112 valence electrons. The minimum absolute atomic E-state index is 0.0262. The largest absolute Gasteiger partial charge is 0.394 e. The van der Waals surface area contributed by atoms with E-state index < -0.39 is 0 Å². The summed E-state index contributed by atoms with van der Waals surface area (Å²) in [6.45, 7) is 10.4. The summed E-state index contributed by atoms with van der Waals surface area (Å²) in [6.07, 6.45) is 0.778. The van der Waals surface area contributed by atoms with Crippen LogP contribution in [0.1, 0.15) is 57.0 Å². The summed E-state index contributed by atoms with van der Waals surface area (Å²) < 4.78 is 0. The minimum atomic E-state index is -0.185. The van der Waals surface area contributed by atoms with E-state index in [1.807, 2.05) is 24.3 Å². The van der Waals surface area contributed by atoms with Crippen molar-refractivity contribution < 1.29 is 9.90 Å². The first-order valence-corrected chi connectivity index (χ1v) is 7.27. The first-order chi connectivity index (χ1) is 9.25. The molecule has 0 aliphatic carbocycles. The maximum Gasteiger partial charge on any atom is 0.251 e. The Balaban J connectivity index is 2.93. The molecule has 0 radical (unpaired) electrons. The van der Waals surface area contributed by atoms with Crippen molar-refractivity contribution in [2.75, 3.05) is 6.61 Å². The number of aliphatic hydroxyl groups excluding tert-OH is 1. The van der Waals surface area contributed by atoms with Crippen molar-refractivity contribution in [2.45, 2.75) is 52.5 Å². The molecule has 3 heteroatoms. The van der Waals surface area contributed by atoms with E-state index in [-0.39, 0.29) is 24.0 Å². The lowest BCUT2D eigenvalue weighted by atomic mass is 9.83. The van der Waals surface area contributed by atoms with E-state index in [0.29, 0.717) is 11.5 Å². The number of amides is 1. The summed E-state index contributed by atoms with van der Waals surface area (Å²) in [7, 11) is 0. The average molecular weight is 277 g/mol. The predicted octanol–water partition coefficient (Wildman–Crippen LogP) is 3.12. The van der Waals surface area contributed by atoms with Gasteiger partial charge >= 0.3 is 0 Å². The molecule has 3 nitrogen and oxygen atoms in total. The van der Waals surface area contributed by atoms with Crippen molar-refractivity contribution in [1.29, 1.82) is 0 Å². The number of hydrogen-bond donors (Lipinski definition) is 2. The van der Waals surface area contributed by atoms with Crippen LogP contribution in [0, 0.1) is 5.92 Å². The van der Waals surface area contributed by atoms with Crippen molar-refractivity contribution in [1.82, 2.24) is 5.32 Å². The molecule has 0 saturated carbocycles. The lowest BCUT2D eigenvalue weighted by Gasteiger charge is -2.24. The van der Waals surface area contributed by atoms with Crippen LogP contribution in [0.25, 0.3) is 0 Å². The molecule has 0 bridgehead atoms. The van der Waals surface area contributed by atoms with Gasteiger partial charge in [0.15, 0.2) is 0 Å². The minimum Gasteiger partial charge on any atom is -0.394 e. The van der Waals surface area contributed by atoms with E-state index in [2.05, 4.69) is 39.9 Å². The first-order valence-electron chi connectivity index (χ1n) is 7.27. The lowest BCUT2D eigenvalue weighted by molar-refractivity contribution is 0.0906. The zero-order valence-electron chi connectivity index (χ0n) is 13.2. The van der Waals surface area contributed by atoms with Crippen LogP contribution in [-0.2, 0) is 5.41 Å². The zero-order chi connectivity index (χ0) is 15.3. The molecule has 20 heavy (non-hydrogen) atoms. The smallest absolute Gasteiger partial charge is 0.251 e. The first kappa shape index (κ1) is 16.7. The normalized spacial score (nSPS) is 13.3. The van der Waals surface area contributed by atoms with Crippen LogP contribution in [0.15, 0.2) is 24.3 Å². The summed E-state index contributed by atoms with van der Waals surface area (Å²) in [5, 5.41) is 12.3. The van der Waals surface area contributed by atoms with E-state index in [4.69, 9.17) is 0 Å². The molecule has 1 aromatic carbocycles. The summed E-state index contributed by atoms with van der Waals surface area (Å²) in [5.41, 5.74) is 1.64. The number of aliphatic hydroxyl groups is 1. The van der Waals surface area contributed by atoms with E-state index in [1.54, 1.807) is 0 Å². The SMILES string of the molecule is CC(C)CC(CO)NC(=O)c1ccccc1C(C)(C)C. The van der Waals surface area contributed by atoms with Crippen LogP contribution in [-0.4, -0.2) is 23.7 Å². The van der Waals surface area contributed by atoms with Gasteiger partial charge in [0, 0.05) is 5.56 Å². The second-order valence-corrected chi connectivity index (χ2v) is 6.78. The molecule has 0 saturated heterocycles. The van der Waals surface area contributed by atoms with Crippen molar-refractivity contribution in [3.8, 4) is 0 Å². The van der Waals surface area contributed by atoms with E-state index in [1.165, 1.54) is 0 Å². The molecule has 0 aliphatic heterocycles. The average Bonchev–Trinajstić information content (AvgIpc) is 2.36. The number of benzene rings is 1. The fourth-order valence-electron chi connectivity index (χ4n) is 2.35. The van der Waals surface area contributed by atoms with Gasteiger partial charge in [-0.2, -0.15) is 0 Å². The summed E-state index contributed by atoms with van der Waals surface area (Å²) in [5.74, 6) is 0.334. The Labute approximate surface area is 122 Å². The highest BCUT2D eigenvalue weighted by molar-refractivity contribution is 5.96. The van der Waals surface area contributed by atoms with Gasteiger partial charge in [-0.1, -0.05) is 52.8 Å². The molecule has 0 aromatic heterocycles. The molecule has 1 atom stereocenters. The highest BCUT2D eigenvalue weighted by atomic mass is 16.3. The lowest BCUT2D eigenvalue weighted by Crippen LogP contribution is -2.39. The van der Waals surface area contributed by atoms with Gasteiger partial charge in [-0.3, -0.25) is 4.79 Å².